The molecule has 3 heterocycles. The van der Waals surface area contributed by atoms with E-state index in [1.807, 2.05) is 0 Å². The lowest BCUT2D eigenvalue weighted by molar-refractivity contribution is -0.133. The minimum absolute atomic E-state index is 0.113. The number of hydrogen-bond donors (Lipinski definition) is 2. The number of carbonyl (C=O) groups is 3. The van der Waals surface area contributed by atoms with E-state index >= 15 is 0 Å². The number of amides is 3. The van der Waals surface area contributed by atoms with Crippen molar-refractivity contribution >= 4 is 45.2 Å². The van der Waals surface area contributed by atoms with Crippen molar-refractivity contribution in [1.29, 1.82) is 0 Å². The third kappa shape index (κ3) is 5.42. The van der Waals surface area contributed by atoms with E-state index in [1.165, 1.54) is 27.0 Å². The van der Waals surface area contributed by atoms with Gasteiger partial charge in [-0.15, -0.1) is 11.8 Å². The highest BCUT2D eigenvalue weighted by Gasteiger charge is 2.32. The molecule has 3 aliphatic heterocycles. The molecule has 0 spiro atoms. The summed E-state index contributed by atoms with van der Waals surface area (Å²) >= 11 is 1.31. The summed E-state index contributed by atoms with van der Waals surface area (Å²) in [6, 6.07) is 4.74. The molecule has 0 unspecified atom stereocenters. The van der Waals surface area contributed by atoms with Crippen LogP contribution in [0.15, 0.2) is 28.0 Å². The minimum atomic E-state index is -3.70. The minimum Gasteiger partial charge on any atom is -0.317 e. The van der Waals surface area contributed by atoms with Gasteiger partial charge in [-0.3, -0.25) is 19.7 Å². The van der Waals surface area contributed by atoms with Crippen LogP contribution in [0.25, 0.3) is 0 Å². The molecule has 1 aromatic rings. The van der Waals surface area contributed by atoms with Crippen molar-refractivity contribution in [2.45, 2.75) is 42.4 Å². The molecule has 0 radical (unpaired) electrons. The van der Waals surface area contributed by atoms with Gasteiger partial charge >= 0.3 is 0 Å². The van der Waals surface area contributed by atoms with Crippen LogP contribution in [-0.4, -0.2) is 68.9 Å². The van der Waals surface area contributed by atoms with Crippen LogP contribution in [0.1, 0.15) is 32.6 Å². The van der Waals surface area contributed by atoms with Gasteiger partial charge in [-0.2, -0.15) is 4.31 Å². The molecular weight excluding hydrogens is 464 g/mol. The second-order valence-corrected chi connectivity index (χ2v) is 11.9. The summed E-state index contributed by atoms with van der Waals surface area (Å²) in [6.45, 7) is 4.19. The molecule has 11 heteroatoms. The number of anilines is 1. The molecule has 33 heavy (non-hydrogen) atoms. The number of hydrogen-bond acceptors (Lipinski definition) is 7. The van der Waals surface area contributed by atoms with E-state index in [-0.39, 0.29) is 34.9 Å². The summed E-state index contributed by atoms with van der Waals surface area (Å²) in [5.74, 6) is -0.759. The molecule has 9 nitrogen and oxygen atoms in total. The van der Waals surface area contributed by atoms with Gasteiger partial charge in [0.05, 0.1) is 16.3 Å². The predicted molar refractivity (Wildman–Crippen MR) is 125 cm³/mol. The van der Waals surface area contributed by atoms with Crippen LogP contribution >= 0.6 is 11.8 Å². The molecular formula is C22H30N4O5S2. The molecule has 3 aliphatic rings. The molecule has 0 saturated carbocycles. The first-order valence-corrected chi connectivity index (χ1v) is 13.8. The van der Waals surface area contributed by atoms with E-state index in [0.717, 1.165) is 30.8 Å². The van der Waals surface area contributed by atoms with Crippen LogP contribution in [0, 0.1) is 11.8 Å². The van der Waals surface area contributed by atoms with Gasteiger partial charge in [0.2, 0.25) is 27.7 Å². The monoisotopic (exact) mass is 494 g/mol. The number of sulfonamides is 1. The van der Waals surface area contributed by atoms with Gasteiger partial charge in [-0.25, -0.2) is 8.42 Å². The third-order valence-corrected chi connectivity index (χ3v) is 9.47. The average molecular weight is 495 g/mol. The van der Waals surface area contributed by atoms with Gasteiger partial charge in [-0.05, 0) is 62.9 Å². The van der Waals surface area contributed by atoms with Gasteiger partial charge in [0.25, 0.3) is 0 Å². The smallest absolute Gasteiger partial charge is 0.246 e. The number of benzene rings is 1. The lowest BCUT2D eigenvalue weighted by Gasteiger charge is -2.31. The quantitative estimate of drug-likeness (QED) is 0.632. The standard InChI is InChI=1S/C22H30N4O5S2/c1-15-6-10-25(11-7-15)33(30,31)17-2-3-19-18(12-17)26(21(28)14-32-19)13-20(27)24-22(29)16-4-8-23-9-5-16/h2-3,12,15-16,23H,4-11,13-14H2,1H3,(H,24,27,29). The molecule has 0 aromatic heterocycles. The summed E-state index contributed by atoms with van der Waals surface area (Å²) in [4.78, 5) is 39.8. The van der Waals surface area contributed by atoms with E-state index in [2.05, 4.69) is 17.6 Å². The highest BCUT2D eigenvalue weighted by Crippen LogP contribution is 2.37. The molecule has 1 aromatic carbocycles. The summed E-state index contributed by atoms with van der Waals surface area (Å²) in [5, 5.41) is 5.59. The lowest BCUT2D eigenvalue weighted by Crippen LogP contribution is -2.47. The first-order chi connectivity index (χ1) is 15.8. The van der Waals surface area contributed by atoms with Gasteiger partial charge in [0.1, 0.15) is 6.54 Å². The van der Waals surface area contributed by atoms with Crippen molar-refractivity contribution in [1.82, 2.24) is 14.9 Å². The van der Waals surface area contributed by atoms with E-state index in [1.54, 1.807) is 12.1 Å². The predicted octanol–water partition coefficient (Wildman–Crippen LogP) is 1.19. The molecule has 2 fully saturated rings. The van der Waals surface area contributed by atoms with Crippen molar-refractivity contribution in [3.8, 4) is 0 Å². The zero-order chi connectivity index (χ0) is 23.6. The van der Waals surface area contributed by atoms with Crippen LogP contribution in [0.3, 0.4) is 0 Å². The normalized spacial score (nSPS) is 21.0. The zero-order valence-corrected chi connectivity index (χ0v) is 20.3. The maximum atomic E-state index is 13.2. The molecule has 2 saturated heterocycles. The summed E-state index contributed by atoms with van der Waals surface area (Å²) < 4.78 is 27.9. The summed E-state index contributed by atoms with van der Waals surface area (Å²) in [7, 11) is -3.70. The van der Waals surface area contributed by atoms with Crippen LogP contribution in [0.5, 0.6) is 0 Å². The number of rotatable bonds is 5. The van der Waals surface area contributed by atoms with Gasteiger partial charge in [0, 0.05) is 23.9 Å². The fourth-order valence-corrected chi connectivity index (χ4v) is 6.80. The van der Waals surface area contributed by atoms with E-state index in [0.29, 0.717) is 37.5 Å². The van der Waals surface area contributed by atoms with E-state index in [9.17, 15) is 22.8 Å². The van der Waals surface area contributed by atoms with Crippen LogP contribution < -0.4 is 15.5 Å². The van der Waals surface area contributed by atoms with Crippen molar-refractivity contribution in [2.24, 2.45) is 11.8 Å². The molecule has 180 valence electrons. The number of thioether (sulfide) groups is 1. The van der Waals surface area contributed by atoms with Crippen LogP contribution in [0.4, 0.5) is 5.69 Å². The van der Waals surface area contributed by atoms with Gasteiger partial charge in [0.15, 0.2) is 0 Å². The third-order valence-electron chi connectivity index (χ3n) is 6.53. The van der Waals surface area contributed by atoms with Crippen molar-refractivity contribution in [3.05, 3.63) is 18.2 Å². The van der Waals surface area contributed by atoms with Crippen molar-refractivity contribution in [2.75, 3.05) is 43.4 Å². The first-order valence-electron chi connectivity index (χ1n) is 11.4. The van der Waals surface area contributed by atoms with Crippen molar-refractivity contribution in [3.63, 3.8) is 0 Å². The molecule has 4 rings (SSSR count). The highest BCUT2D eigenvalue weighted by molar-refractivity contribution is 8.00. The van der Waals surface area contributed by atoms with Gasteiger partial charge in [-0.1, -0.05) is 6.92 Å². The SMILES string of the molecule is CC1CCN(S(=O)(=O)c2ccc3c(c2)N(CC(=O)NC(=O)C2CCNCC2)C(=O)CS3)CC1. The molecule has 3 amide bonds. The second-order valence-electron chi connectivity index (χ2n) is 8.92. The molecule has 0 atom stereocenters. The number of imide groups is 1. The van der Waals surface area contributed by atoms with Crippen LogP contribution in [0.2, 0.25) is 0 Å². The zero-order valence-electron chi connectivity index (χ0n) is 18.7. The van der Waals surface area contributed by atoms with E-state index in [4.69, 9.17) is 0 Å². The Hall–Kier alpha value is -1.95. The number of fused-ring (bicyclic) bond motifs is 1. The van der Waals surface area contributed by atoms with Crippen LogP contribution in [-0.2, 0) is 24.4 Å². The Labute approximate surface area is 198 Å². The Morgan fingerprint density at radius 3 is 2.55 bits per heavy atom. The Morgan fingerprint density at radius 2 is 1.85 bits per heavy atom. The topological polar surface area (TPSA) is 116 Å². The molecule has 0 aliphatic carbocycles. The van der Waals surface area contributed by atoms with Crippen molar-refractivity contribution < 1.29 is 22.8 Å². The maximum Gasteiger partial charge on any atom is 0.246 e. The number of nitrogens with zero attached hydrogens (tertiary/aromatic N) is 2. The fourth-order valence-electron chi connectivity index (χ4n) is 4.40. The number of piperidine rings is 2. The Bertz CT molecular complexity index is 1030. The fraction of sp³-hybridized carbons (Fsp3) is 0.591. The Morgan fingerprint density at radius 1 is 1.15 bits per heavy atom. The largest absolute Gasteiger partial charge is 0.317 e. The number of nitrogens with one attached hydrogen (secondary N) is 2. The molecule has 0 bridgehead atoms. The second kappa shape index (κ2) is 10.1. The van der Waals surface area contributed by atoms with Gasteiger partial charge < -0.3 is 10.2 Å². The van der Waals surface area contributed by atoms with E-state index < -0.39 is 15.9 Å². The Balaban J connectivity index is 1.51. The molecule has 2 N–H and O–H groups in total. The first kappa shape index (κ1) is 24.2. The summed E-state index contributed by atoms with van der Waals surface area (Å²) in [6.07, 6.45) is 2.96. The lowest BCUT2D eigenvalue weighted by atomic mass is 9.97. The summed E-state index contributed by atoms with van der Waals surface area (Å²) in [5.41, 5.74) is 0.396. The maximum absolute atomic E-state index is 13.2. The average Bonchev–Trinajstić information content (AvgIpc) is 2.81. The highest BCUT2D eigenvalue weighted by atomic mass is 32.2. The Kier molecular flexibility index (Phi) is 7.42. The number of carbonyl (C=O) groups excluding carboxylic acids is 3.